The first-order valence-corrected chi connectivity index (χ1v) is 8.84. The van der Waals surface area contributed by atoms with E-state index in [0.29, 0.717) is 24.2 Å². The van der Waals surface area contributed by atoms with E-state index in [1.807, 2.05) is 17.5 Å². The number of urea groups is 1. The van der Waals surface area contributed by atoms with E-state index in [1.165, 1.54) is 0 Å². The molecule has 0 saturated carbocycles. The maximum Gasteiger partial charge on any atom is 0.319 e. The smallest absolute Gasteiger partial charge is 0.319 e. The van der Waals surface area contributed by atoms with E-state index in [9.17, 15) is 9.59 Å². The Kier molecular flexibility index (Phi) is 5.08. The molecule has 8 heteroatoms. The molecule has 0 saturated heterocycles. The van der Waals surface area contributed by atoms with Crippen LogP contribution in [0.3, 0.4) is 0 Å². The van der Waals surface area contributed by atoms with Crippen LogP contribution < -0.4 is 16.0 Å². The van der Waals surface area contributed by atoms with Gasteiger partial charge in [0.15, 0.2) is 0 Å². The van der Waals surface area contributed by atoms with E-state index in [4.69, 9.17) is 0 Å². The van der Waals surface area contributed by atoms with Gasteiger partial charge in [0.2, 0.25) is 0 Å². The first-order chi connectivity index (χ1) is 12.0. The van der Waals surface area contributed by atoms with E-state index in [1.54, 1.807) is 37.6 Å². The molecule has 2 aromatic heterocycles. The summed E-state index contributed by atoms with van der Waals surface area (Å²) in [5.74, 6) is -0.180. The summed E-state index contributed by atoms with van der Waals surface area (Å²) in [4.78, 5) is 32.4. The molecule has 25 heavy (non-hydrogen) atoms. The number of hydrogen-bond donors (Lipinski definition) is 3. The van der Waals surface area contributed by atoms with Crippen LogP contribution in [0.5, 0.6) is 0 Å². The molecule has 1 atom stereocenters. The first kappa shape index (κ1) is 17.1. The third-order valence-corrected chi connectivity index (χ3v) is 4.80. The average Bonchev–Trinajstić information content (AvgIpc) is 3.03. The molecule has 1 aliphatic heterocycles. The van der Waals surface area contributed by atoms with Crippen LogP contribution >= 0.6 is 11.3 Å². The highest BCUT2D eigenvalue weighted by atomic mass is 32.1. The van der Waals surface area contributed by atoms with Gasteiger partial charge in [-0.05, 0) is 26.0 Å². The van der Waals surface area contributed by atoms with Crippen molar-refractivity contribution in [2.45, 2.75) is 26.3 Å². The van der Waals surface area contributed by atoms with Crippen molar-refractivity contribution in [1.29, 1.82) is 0 Å². The van der Waals surface area contributed by atoms with Crippen LogP contribution in [0, 0.1) is 0 Å². The van der Waals surface area contributed by atoms with Crippen molar-refractivity contribution in [3.8, 4) is 10.6 Å². The fourth-order valence-electron chi connectivity index (χ4n) is 2.68. The summed E-state index contributed by atoms with van der Waals surface area (Å²) in [7, 11) is 0. The molecule has 7 nitrogen and oxygen atoms in total. The predicted octanol–water partition coefficient (Wildman–Crippen LogP) is 1.84. The molecule has 0 spiro atoms. The zero-order chi connectivity index (χ0) is 17.8. The van der Waals surface area contributed by atoms with Crippen LogP contribution in [-0.2, 0) is 11.2 Å². The number of nitrogens with one attached hydrogen (secondary N) is 3. The van der Waals surface area contributed by atoms with Crippen LogP contribution in [0.4, 0.5) is 4.79 Å². The molecule has 0 aliphatic carbocycles. The van der Waals surface area contributed by atoms with Gasteiger partial charge < -0.3 is 16.0 Å². The average molecular weight is 357 g/mol. The van der Waals surface area contributed by atoms with Crippen molar-refractivity contribution in [3.05, 3.63) is 46.9 Å². The van der Waals surface area contributed by atoms with Crippen LogP contribution in [-0.4, -0.2) is 34.5 Å². The van der Waals surface area contributed by atoms with Gasteiger partial charge in [-0.2, -0.15) is 0 Å². The Bertz CT molecular complexity index is 815. The molecule has 0 unspecified atom stereocenters. The molecule has 1 aliphatic rings. The highest BCUT2D eigenvalue weighted by Gasteiger charge is 2.26. The molecule has 0 bridgehead atoms. The monoisotopic (exact) mass is 357 g/mol. The summed E-state index contributed by atoms with van der Waals surface area (Å²) in [5.41, 5.74) is 3.05. The van der Waals surface area contributed by atoms with Crippen LogP contribution in [0.2, 0.25) is 0 Å². The summed E-state index contributed by atoms with van der Waals surface area (Å²) >= 11 is 1.56. The van der Waals surface area contributed by atoms with Crippen molar-refractivity contribution in [2.24, 2.45) is 0 Å². The summed E-state index contributed by atoms with van der Waals surface area (Å²) in [6.07, 6.45) is 4.15. The maximum atomic E-state index is 12.4. The van der Waals surface area contributed by atoms with E-state index in [2.05, 4.69) is 25.9 Å². The minimum absolute atomic E-state index is 0.180. The number of rotatable bonds is 5. The largest absolute Gasteiger partial charge is 0.352 e. The quantitative estimate of drug-likeness (QED) is 0.761. The number of hydrogen-bond acceptors (Lipinski definition) is 5. The number of allylic oxidation sites excluding steroid dienone is 1. The Morgan fingerprint density at radius 2 is 2.28 bits per heavy atom. The van der Waals surface area contributed by atoms with Gasteiger partial charge in [0.05, 0.1) is 17.3 Å². The molecule has 0 radical (unpaired) electrons. The van der Waals surface area contributed by atoms with Crippen molar-refractivity contribution < 1.29 is 9.59 Å². The number of pyridine rings is 1. The van der Waals surface area contributed by atoms with Gasteiger partial charge in [0.25, 0.3) is 5.91 Å². The molecule has 130 valence electrons. The Balaban J connectivity index is 1.57. The first-order valence-electron chi connectivity index (χ1n) is 7.96. The second kappa shape index (κ2) is 7.43. The van der Waals surface area contributed by atoms with Gasteiger partial charge in [-0.15, -0.1) is 11.3 Å². The van der Waals surface area contributed by atoms with Crippen molar-refractivity contribution >= 4 is 23.3 Å². The third-order valence-electron chi connectivity index (χ3n) is 3.86. The van der Waals surface area contributed by atoms with Crippen LogP contribution in [0.15, 0.2) is 41.2 Å². The van der Waals surface area contributed by atoms with Crippen molar-refractivity contribution in [3.63, 3.8) is 0 Å². The van der Waals surface area contributed by atoms with E-state index in [-0.39, 0.29) is 18.0 Å². The van der Waals surface area contributed by atoms with Gasteiger partial charge in [-0.3, -0.25) is 9.78 Å². The van der Waals surface area contributed by atoms with E-state index in [0.717, 1.165) is 16.3 Å². The SMILES string of the molecule is CC1=C(C(=O)NCCc2csc(-c3cccnc3)n2)[C@H](C)NC(=O)N1. The summed E-state index contributed by atoms with van der Waals surface area (Å²) in [6, 6.07) is 3.25. The van der Waals surface area contributed by atoms with Gasteiger partial charge in [0.1, 0.15) is 5.01 Å². The van der Waals surface area contributed by atoms with E-state index >= 15 is 0 Å². The summed E-state index contributed by atoms with van der Waals surface area (Å²) < 4.78 is 0. The molecule has 3 heterocycles. The van der Waals surface area contributed by atoms with Gasteiger partial charge in [0, 0.05) is 42.0 Å². The highest BCUT2D eigenvalue weighted by molar-refractivity contribution is 7.13. The topological polar surface area (TPSA) is 96.0 Å². The summed E-state index contributed by atoms with van der Waals surface area (Å²) in [5, 5.41) is 11.1. The number of aromatic nitrogens is 2. The Morgan fingerprint density at radius 3 is 3.00 bits per heavy atom. The molecule has 2 aromatic rings. The fraction of sp³-hybridized carbons (Fsp3) is 0.294. The molecule has 0 fully saturated rings. The minimum atomic E-state index is -0.315. The second-order valence-electron chi connectivity index (χ2n) is 5.75. The minimum Gasteiger partial charge on any atom is -0.352 e. The van der Waals surface area contributed by atoms with Gasteiger partial charge in [-0.1, -0.05) is 0 Å². The lowest BCUT2D eigenvalue weighted by Crippen LogP contribution is -2.50. The number of carbonyl (C=O) groups is 2. The summed E-state index contributed by atoms with van der Waals surface area (Å²) in [6.45, 7) is 4.00. The Morgan fingerprint density at radius 1 is 1.44 bits per heavy atom. The Labute approximate surface area is 149 Å². The number of carbonyl (C=O) groups excluding carboxylic acids is 2. The molecular formula is C17H19N5O2S. The van der Waals surface area contributed by atoms with Gasteiger partial charge in [-0.25, -0.2) is 9.78 Å². The zero-order valence-corrected chi connectivity index (χ0v) is 14.8. The lowest BCUT2D eigenvalue weighted by molar-refractivity contribution is -0.117. The van der Waals surface area contributed by atoms with Gasteiger partial charge >= 0.3 is 6.03 Å². The highest BCUT2D eigenvalue weighted by Crippen LogP contribution is 2.22. The standard InChI is InChI=1S/C17H19N5O2S/c1-10-14(11(2)21-17(24)20-10)15(23)19-7-5-13-9-25-16(22-13)12-4-3-6-18-8-12/h3-4,6,8-10H,5,7H2,1-2H3,(H,19,23)(H2,20,21,24)/t10-/m0/s1. The van der Waals surface area contributed by atoms with Crippen LogP contribution in [0.25, 0.3) is 10.6 Å². The number of nitrogens with zero attached hydrogens (tertiary/aromatic N) is 2. The third kappa shape index (κ3) is 4.03. The number of amides is 3. The predicted molar refractivity (Wildman–Crippen MR) is 95.9 cm³/mol. The van der Waals surface area contributed by atoms with Crippen molar-refractivity contribution in [1.82, 2.24) is 25.9 Å². The lowest BCUT2D eigenvalue weighted by atomic mass is 10.0. The molecular weight excluding hydrogens is 338 g/mol. The molecule has 3 amide bonds. The molecule has 0 aromatic carbocycles. The van der Waals surface area contributed by atoms with E-state index < -0.39 is 0 Å². The maximum absolute atomic E-state index is 12.4. The normalized spacial score (nSPS) is 17.0. The fourth-order valence-corrected chi connectivity index (χ4v) is 3.52. The molecule has 3 N–H and O–H groups in total. The lowest BCUT2D eigenvalue weighted by Gasteiger charge is -2.25. The Hall–Kier alpha value is -2.74. The zero-order valence-electron chi connectivity index (χ0n) is 14.0. The number of thiazole rings is 1. The second-order valence-corrected chi connectivity index (χ2v) is 6.61. The van der Waals surface area contributed by atoms with Crippen LogP contribution in [0.1, 0.15) is 19.5 Å². The van der Waals surface area contributed by atoms with Crippen molar-refractivity contribution in [2.75, 3.05) is 6.54 Å². The molecule has 3 rings (SSSR count).